The van der Waals surface area contributed by atoms with Gasteiger partial charge in [0.05, 0.1) is 0 Å². The van der Waals surface area contributed by atoms with Gasteiger partial charge in [-0.15, -0.1) is 0 Å². The largest absolute Gasteiger partial charge is 0.324 e. The molecule has 0 fully saturated rings. The molecule has 3 rings (SSSR count). The van der Waals surface area contributed by atoms with Crippen molar-refractivity contribution in [1.82, 2.24) is 0 Å². The molecule has 2 heteroatoms. The fourth-order valence-electron chi connectivity index (χ4n) is 2.94. The Bertz CT molecular complexity index is 606. The van der Waals surface area contributed by atoms with E-state index in [1.165, 1.54) is 28.7 Å². The van der Waals surface area contributed by atoms with Crippen LogP contribution in [-0.4, -0.2) is 0 Å². The number of hydrogen-bond acceptors (Lipinski definition) is 1. The van der Waals surface area contributed by atoms with Crippen LogP contribution in [0.3, 0.4) is 0 Å². The Morgan fingerprint density at radius 3 is 2.79 bits per heavy atom. The standard InChI is InChI=1S/C17H18BrN/c1-11-6-7-15(16(18)8-11)17(19)10-13-9-12-4-2-3-5-14(12)13/h2-8,13,17H,9-10,19H2,1H3. The Hall–Kier alpha value is -1.12. The van der Waals surface area contributed by atoms with Gasteiger partial charge in [-0.05, 0) is 54.0 Å². The van der Waals surface area contributed by atoms with Crippen LogP contribution in [0, 0.1) is 6.92 Å². The fraction of sp³-hybridized carbons (Fsp3) is 0.294. The van der Waals surface area contributed by atoms with E-state index >= 15 is 0 Å². The van der Waals surface area contributed by atoms with Gasteiger partial charge in [-0.25, -0.2) is 0 Å². The molecule has 1 aliphatic carbocycles. The van der Waals surface area contributed by atoms with Crippen LogP contribution in [0.5, 0.6) is 0 Å². The molecule has 2 aromatic carbocycles. The molecule has 0 aromatic heterocycles. The van der Waals surface area contributed by atoms with Crippen molar-refractivity contribution in [3.63, 3.8) is 0 Å². The molecule has 0 spiro atoms. The van der Waals surface area contributed by atoms with Crippen LogP contribution in [0.1, 0.15) is 40.6 Å². The molecule has 2 unspecified atom stereocenters. The fourth-order valence-corrected chi connectivity index (χ4v) is 3.73. The van der Waals surface area contributed by atoms with Crippen molar-refractivity contribution in [3.8, 4) is 0 Å². The van der Waals surface area contributed by atoms with E-state index in [2.05, 4.69) is 65.3 Å². The first-order chi connectivity index (χ1) is 9.15. The highest BCUT2D eigenvalue weighted by molar-refractivity contribution is 9.10. The molecule has 19 heavy (non-hydrogen) atoms. The number of nitrogens with two attached hydrogens (primary N) is 1. The molecule has 2 aromatic rings. The van der Waals surface area contributed by atoms with E-state index in [-0.39, 0.29) is 6.04 Å². The second-order valence-corrected chi connectivity index (χ2v) is 6.32. The van der Waals surface area contributed by atoms with E-state index in [1.807, 2.05) is 0 Å². The lowest BCUT2D eigenvalue weighted by Gasteiger charge is -2.32. The van der Waals surface area contributed by atoms with E-state index < -0.39 is 0 Å². The third-order valence-electron chi connectivity index (χ3n) is 4.06. The third kappa shape index (κ3) is 2.47. The minimum Gasteiger partial charge on any atom is -0.324 e. The Kier molecular flexibility index (Phi) is 3.46. The molecule has 1 aliphatic rings. The summed E-state index contributed by atoms with van der Waals surface area (Å²) in [4.78, 5) is 0. The van der Waals surface area contributed by atoms with Crippen molar-refractivity contribution in [2.75, 3.05) is 0 Å². The Balaban J connectivity index is 1.75. The van der Waals surface area contributed by atoms with Gasteiger partial charge in [-0.3, -0.25) is 0 Å². The summed E-state index contributed by atoms with van der Waals surface area (Å²) < 4.78 is 1.13. The van der Waals surface area contributed by atoms with E-state index in [9.17, 15) is 0 Å². The number of benzene rings is 2. The summed E-state index contributed by atoms with van der Waals surface area (Å²) in [6.45, 7) is 2.10. The maximum Gasteiger partial charge on any atom is 0.0312 e. The summed E-state index contributed by atoms with van der Waals surface area (Å²) in [5.74, 6) is 0.624. The number of fused-ring (bicyclic) bond motifs is 1. The molecule has 2 atom stereocenters. The van der Waals surface area contributed by atoms with Gasteiger partial charge in [0.2, 0.25) is 0 Å². The second-order valence-electron chi connectivity index (χ2n) is 5.47. The van der Waals surface area contributed by atoms with Gasteiger partial charge in [0.1, 0.15) is 0 Å². The maximum absolute atomic E-state index is 6.38. The zero-order valence-corrected chi connectivity index (χ0v) is 12.7. The lowest BCUT2D eigenvalue weighted by molar-refractivity contribution is 0.497. The van der Waals surface area contributed by atoms with Crippen molar-refractivity contribution in [2.24, 2.45) is 5.73 Å². The predicted molar refractivity (Wildman–Crippen MR) is 83.3 cm³/mol. The summed E-state index contributed by atoms with van der Waals surface area (Å²) >= 11 is 3.63. The summed E-state index contributed by atoms with van der Waals surface area (Å²) in [5, 5.41) is 0. The first-order valence-electron chi connectivity index (χ1n) is 6.74. The minimum absolute atomic E-state index is 0.105. The Morgan fingerprint density at radius 2 is 2.05 bits per heavy atom. The Morgan fingerprint density at radius 1 is 1.26 bits per heavy atom. The molecule has 0 radical (unpaired) electrons. The molecule has 0 aliphatic heterocycles. The van der Waals surface area contributed by atoms with Crippen LogP contribution in [-0.2, 0) is 6.42 Å². The molecule has 98 valence electrons. The summed E-state index contributed by atoms with van der Waals surface area (Å²) in [6, 6.07) is 15.2. The van der Waals surface area contributed by atoms with Crippen molar-refractivity contribution in [1.29, 1.82) is 0 Å². The van der Waals surface area contributed by atoms with Gasteiger partial charge in [0.15, 0.2) is 0 Å². The molecular formula is C17H18BrN. The molecule has 2 N–H and O–H groups in total. The van der Waals surface area contributed by atoms with Gasteiger partial charge in [0.25, 0.3) is 0 Å². The zero-order chi connectivity index (χ0) is 13.4. The van der Waals surface area contributed by atoms with Gasteiger partial charge >= 0.3 is 0 Å². The smallest absolute Gasteiger partial charge is 0.0312 e. The van der Waals surface area contributed by atoms with Crippen molar-refractivity contribution in [2.45, 2.75) is 31.7 Å². The van der Waals surface area contributed by atoms with E-state index in [0.717, 1.165) is 10.9 Å². The van der Waals surface area contributed by atoms with E-state index in [1.54, 1.807) is 0 Å². The number of aryl methyl sites for hydroxylation is 1. The van der Waals surface area contributed by atoms with Crippen molar-refractivity contribution < 1.29 is 0 Å². The summed E-state index contributed by atoms with van der Waals surface area (Å²) in [7, 11) is 0. The van der Waals surface area contributed by atoms with Crippen LogP contribution >= 0.6 is 15.9 Å². The summed E-state index contributed by atoms with van der Waals surface area (Å²) in [5.41, 5.74) is 11.8. The lowest BCUT2D eigenvalue weighted by Crippen LogP contribution is -2.23. The van der Waals surface area contributed by atoms with Crippen LogP contribution in [0.15, 0.2) is 46.9 Å². The van der Waals surface area contributed by atoms with Crippen molar-refractivity contribution >= 4 is 15.9 Å². The minimum atomic E-state index is 0.105. The molecule has 1 nitrogen and oxygen atoms in total. The van der Waals surface area contributed by atoms with E-state index in [0.29, 0.717) is 5.92 Å². The SMILES string of the molecule is Cc1ccc(C(N)CC2Cc3ccccc32)c(Br)c1. The topological polar surface area (TPSA) is 26.0 Å². The molecule has 0 bridgehead atoms. The summed E-state index contributed by atoms with van der Waals surface area (Å²) in [6.07, 6.45) is 2.20. The second kappa shape index (κ2) is 5.10. The first-order valence-corrected chi connectivity index (χ1v) is 7.54. The number of halogens is 1. The normalized spacial score (nSPS) is 18.6. The molecule has 0 amide bonds. The van der Waals surface area contributed by atoms with Crippen LogP contribution < -0.4 is 5.73 Å². The molecular weight excluding hydrogens is 298 g/mol. The highest BCUT2D eigenvalue weighted by Gasteiger charge is 2.27. The average molecular weight is 316 g/mol. The van der Waals surface area contributed by atoms with Crippen LogP contribution in [0.4, 0.5) is 0 Å². The number of hydrogen-bond donors (Lipinski definition) is 1. The zero-order valence-electron chi connectivity index (χ0n) is 11.1. The molecule has 0 heterocycles. The van der Waals surface area contributed by atoms with Gasteiger partial charge in [-0.1, -0.05) is 52.3 Å². The number of rotatable bonds is 3. The maximum atomic E-state index is 6.38. The lowest BCUT2D eigenvalue weighted by atomic mass is 9.74. The van der Waals surface area contributed by atoms with Gasteiger partial charge in [0, 0.05) is 10.5 Å². The first kappa shape index (κ1) is 12.9. The predicted octanol–water partition coefficient (Wildman–Crippen LogP) is 4.49. The van der Waals surface area contributed by atoms with Crippen LogP contribution in [0.2, 0.25) is 0 Å². The third-order valence-corrected chi connectivity index (χ3v) is 4.74. The van der Waals surface area contributed by atoms with Gasteiger partial charge < -0.3 is 5.73 Å². The Labute approximate surface area is 123 Å². The van der Waals surface area contributed by atoms with Gasteiger partial charge in [-0.2, -0.15) is 0 Å². The highest BCUT2D eigenvalue weighted by atomic mass is 79.9. The van der Waals surface area contributed by atoms with E-state index in [4.69, 9.17) is 5.73 Å². The average Bonchev–Trinajstić information content (AvgIpc) is 2.35. The van der Waals surface area contributed by atoms with Crippen LogP contribution in [0.25, 0.3) is 0 Å². The molecule has 0 saturated carbocycles. The monoisotopic (exact) mass is 315 g/mol. The quantitative estimate of drug-likeness (QED) is 0.887. The van der Waals surface area contributed by atoms with Crippen molar-refractivity contribution in [3.05, 3.63) is 69.2 Å². The molecule has 0 saturated heterocycles. The highest BCUT2D eigenvalue weighted by Crippen LogP contribution is 2.40.